The average molecular weight is 160 g/mol. The van der Waals surface area contributed by atoms with Gasteiger partial charge in [0.05, 0.1) is 0 Å². The Morgan fingerprint density at radius 2 is 2.20 bits per heavy atom. The van der Waals surface area contributed by atoms with Crippen molar-refractivity contribution >= 4 is 12.6 Å². The van der Waals surface area contributed by atoms with E-state index in [1.54, 1.807) is 0 Å². The summed E-state index contributed by atoms with van der Waals surface area (Å²) in [5, 5.41) is 0. The van der Waals surface area contributed by atoms with Crippen LogP contribution in [-0.2, 0) is 0 Å². The van der Waals surface area contributed by atoms with Crippen molar-refractivity contribution in [2.75, 3.05) is 32.6 Å². The van der Waals surface area contributed by atoms with Gasteiger partial charge in [-0.05, 0) is 14.0 Å². The molecular formula is C7H16N2S. The molecule has 1 rings (SSSR count). The van der Waals surface area contributed by atoms with E-state index < -0.39 is 0 Å². The maximum atomic E-state index is 4.26. The third kappa shape index (κ3) is 1.87. The second kappa shape index (κ2) is 3.60. The summed E-state index contributed by atoms with van der Waals surface area (Å²) < 4.78 is 0. The van der Waals surface area contributed by atoms with Gasteiger partial charge in [0.25, 0.3) is 0 Å². The fourth-order valence-corrected chi connectivity index (χ4v) is 1.81. The summed E-state index contributed by atoms with van der Waals surface area (Å²) in [4.78, 5) is 4.76. The fourth-order valence-electron chi connectivity index (χ4n) is 1.39. The first-order valence-electron chi connectivity index (χ1n) is 3.77. The van der Waals surface area contributed by atoms with Gasteiger partial charge in [0, 0.05) is 31.6 Å². The number of likely N-dealkylation sites (N-methyl/N-ethyl adjacent to an activating group) is 1. The van der Waals surface area contributed by atoms with Gasteiger partial charge in [0.15, 0.2) is 0 Å². The van der Waals surface area contributed by atoms with Crippen LogP contribution in [0.4, 0.5) is 0 Å². The van der Waals surface area contributed by atoms with Gasteiger partial charge in [-0.25, -0.2) is 0 Å². The van der Waals surface area contributed by atoms with E-state index in [-0.39, 0.29) is 0 Å². The van der Waals surface area contributed by atoms with Crippen LogP contribution >= 0.6 is 12.6 Å². The Balaban J connectivity index is 2.36. The molecule has 1 aliphatic heterocycles. The molecule has 3 heteroatoms. The van der Waals surface area contributed by atoms with Crippen molar-refractivity contribution in [3.63, 3.8) is 0 Å². The van der Waals surface area contributed by atoms with E-state index in [1.807, 2.05) is 0 Å². The minimum Gasteiger partial charge on any atom is -0.304 e. The molecule has 60 valence electrons. The lowest BCUT2D eigenvalue weighted by Gasteiger charge is -2.37. The molecule has 0 aliphatic carbocycles. The van der Waals surface area contributed by atoms with Crippen LogP contribution in [-0.4, -0.2) is 48.4 Å². The zero-order chi connectivity index (χ0) is 7.56. The summed E-state index contributed by atoms with van der Waals surface area (Å²) in [6, 6.07) is 0.677. The molecule has 0 bridgehead atoms. The highest BCUT2D eigenvalue weighted by atomic mass is 32.1. The summed E-state index contributed by atoms with van der Waals surface area (Å²) in [6.07, 6.45) is 0. The molecule has 1 heterocycles. The second-order valence-electron chi connectivity index (χ2n) is 3.07. The van der Waals surface area contributed by atoms with Crippen molar-refractivity contribution in [2.24, 2.45) is 0 Å². The van der Waals surface area contributed by atoms with Crippen LogP contribution in [0.3, 0.4) is 0 Å². The van der Waals surface area contributed by atoms with Crippen LogP contribution in [0.1, 0.15) is 6.92 Å². The second-order valence-corrected chi connectivity index (χ2v) is 3.35. The number of piperazine rings is 1. The largest absolute Gasteiger partial charge is 0.304 e. The summed E-state index contributed by atoms with van der Waals surface area (Å²) in [7, 11) is 2.17. The lowest BCUT2D eigenvalue weighted by Crippen LogP contribution is -2.49. The van der Waals surface area contributed by atoms with Crippen LogP contribution in [0.5, 0.6) is 0 Å². The molecule has 0 aromatic carbocycles. The fraction of sp³-hybridized carbons (Fsp3) is 1.00. The maximum absolute atomic E-state index is 4.26. The van der Waals surface area contributed by atoms with E-state index in [2.05, 4.69) is 36.4 Å². The minimum atomic E-state index is 0.677. The summed E-state index contributed by atoms with van der Waals surface area (Å²) in [5.41, 5.74) is 0. The Hall–Kier alpha value is 0.270. The third-order valence-electron chi connectivity index (χ3n) is 2.15. The van der Waals surface area contributed by atoms with Crippen LogP contribution < -0.4 is 0 Å². The van der Waals surface area contributed by atoms with E-state index in [0.29, 0.717) is 6.04 Å². The first-order chi connectivity index (χ1) is 4.74. The number of thiol groups is 1. The SMILES string of the molecule is CC1CN(C)CCN1CS. The highest BCUT2D eigenvalue weighted by molar-refractivity contribution is 7.80. The Kier molecular flexibility index (Phi) is 3.01. The average Bonchev–Trinajstić information content (AvgIpc) is 1.88. The zero-order valence-electron chi connectivity index (χ0n) is 6.75. The van der Waals surface area contributed by atoms with Gasteiger partial charge in [-0.1, -0.05) is 0 Å². The predicted octanol–water partition coefficient (Wildman–Crippen LogP) is 0.510. The van der Waals surface area contributed by atoms with Gasteiger partial charge in [0.2, 0.25) is 0 Å². The molecule has 1 fully saturated rings. The number of rotatable bonds is 1. The number of nitrogens with zero attached hydrogens (tertiary/aromatic N) is 2. The van der Waals surface area contributed by atoms with Crippen molar-refractivity contribution in [2.45, 2.75) is 13.0 Å². The number of hydrogen-bond donors (Lipinski definition) is 1. The molecule has 1 aliphatic rings. The Labute approximate surface area is 68.6 Å². The monoisotopic (exact) mass is 160 g/mol. The van der Waals surface area contributed by atoms with E-state index in [9.17, 15) is 0 Å². The summed E-state index contributed by atoms with van der Waals surface area (Å²) >= 11 is 4.26. The lowest BCUT2D eigenvalue weighted by molar-refractivity contribution is 0.120. The molecule has 1 saturated heterocycles. The first-order valence-corrected chi connectivity index (χ1v) is 4.40. The molecular weight excluding hydrogens is 144 g/mol. The quantitative estimate of drug-likeness (QED) is 0.558. The molecule has 0 radical (unpaired) electrons. The van der Waals surface area contributed by atoms with Gasteiger partial charge >= 0.3 is 0 Å². The lowest BCUT2D eigenvalue weighted by atomic mass is 10.2. The molecule has 0 N–H and O–H groups in total. The van der Waals surface area contributed by atoms with Crippen LogP contribution in [0.25, 0.3) is 0 Å². The van der Waals surface area contributed by atoms with Crippen LogP contribution in [0, 0.1) is 0 Å². The van der Waals surface area contributed by atoms with E-state index in [0.717, 1.165) is 5.88 Å². The van der Waals surface area contributed by atoms with E-state index in [4.69, 9.17) is 0 Å². The van der Waals surface area contributed by atoms with Gasteiger partial charge in [0.1, 0.15) is 0 Å². The van der Waals surface area contributed by atoms with E-state index in [1.165, 1.54) is 19.6 Å². The summed E-state index contributed by atoms with van der Waals surface area (Å²) in [5.74, 6) is 0.898. The Bertz CT molecular complexity index is 108. The maximum Gasteiger partial charge on any atom is 0.0418 e. The smallest absolute Gasteiger partial charge is 0.0418 e. The molecule has 0 saturated carbocycles. The standard InChI is InChI=1S/C7H16N2S/c1-7-5-8(2)3-4-9(7)6-10/h7,10H,3-6H2,1-2H3. The first kappa shape index (κ1) is 8.37. The summed E-state index contributed by atoms with van der Waals surface area (Å²) in [6.45, 7) is 5.79. The van der Waals surface area contributed by atoms with Crippen molar-refractivity contribution in [3.8, 4) is 0 Å². The molecule has 0 aromatic heterocycles. The number of hydrogen-bond acceptors (Lipinski definition) is 3. The van der Waals surface area contributed by atoms with Crippen LogP contribution in [0.15, 0.2) is 0 Å². The topological polar surface area (TPSA) is 6.48 Å². The van der Waals surface area contributed by atoms with Gasteiger partial charge in [-0.3, -0.25) is 4.90 Å². The van der Waals surface area contributed by atoms with E-state index >= 15 is 0 Å². The van der Waals surface area contributed by atoms with Crippen molar-refractivity contribution in [1.82, 2.24) is 9.80 Å². The highest BCUT2D eigenvalue weighted by Crippen LogP contribution is 2.07. The van der Waals surface area contributed by atoms with Crippen LogP contribution in [0.2, 0.25) is 0 Å². The molecule has 1 unspecified atom stereocenters. The zero-order valence-corrected chi connectivity index (χ0v) is 7.64. The predicted molar refractivity (Wildman–Crippen MR) is 47.5 cm³/mol. The molecule has 10 heavy (non-hydrogen) atoms. The van der Waals surface area contributed by atoms with Gasteiger partial charge in [-0.15, -0.1) is 0 Å². The highest BCUT2D eigenvalue weighted by Gasteiger charge is 2.19. The van der Waals surface area contributed by atoms with Gasteiger partial charge in [-0.2, -0.15) is 12.6 Å². The normalized spacial score (nSPS) is 30.9. The van der Waals surface area contributed by atoms with Crippen molar-refractivity contribution in [1.29, 1.82) is 0 Å². The van der Waals surface area contributed by atoms with Crippen molar-refractivity contribution < 1.29 is 0 Å². The Morgan fingerprint density at radius 1 is 1.50 bits per heavy atom. The van der Waals surface area contributed by atoms with Gasteiger partial charge < -0.3 is 4.90 Å². The Morgan fingerprint density at radius 3 is 2.70 bits per heavy atom. The third-order valence-corrected chi connectivity index (χ3v) is 2.51. The van der Waals surface area contributed by atoms with Crippen molar-refractivity contribution in [3.05, 3.63) is 0 Å². The molecule has 1 atom stereocenters. The molecule has 0 spiro atoms. The minimum absolute atomic E-state index is 0.677. The molecule has 0 aromatic rings. The molecule has 0 amide bonds. The molecule has 2 nitrogen and oxygen atoms in total.